The Morgan fingerprint density at radius 3 is 1.54 bits per heavy atom. The maximum atomic E-state index is 12.1. The van der Waals surface area contributed by atoms with E-state index in [0.717, 1.165) is 44.0 Å². The Morgan fingerprint density at radius 2 is 1.23 bits per heavy atom. The lowest BCUT2D eigenvalue weighted by Crippen LogP contribution is -2.44. The van der Waals surface area contributed by atoms with Crippen molar-refractivity contribution >= 4 is 11.6 Å². The lowest BCUT2D eigenvalue weighted by Gasteiger charge is -2.36. The van der Waals surface area contributed by atoms with Crippen molar-refractivity contribution in [1.82, 2.24) is 10.6 Å². The molecular formula is C51H105N3O2. The van der Waals surface area contributed by atoms with Gasteiger partial charge in [-0.1, -0.05) is 215 Å². The first-order valence-corrected chi connectivity index (χ1v) is 22.7. The van der Waals surface area contributed by atoms with Crippen LogP contribution in [0.2, 0.25) is 0 Å². The first-order chi connectivity index (χ1) is 25.6. The standard InChI is InChI=1S/C27H50N2O.C10H17NO.C5H12.C3H8.3C2H6/c1-13-20(4)17-23(19(2)3)18-21(5)25(27(10,11)12)29-22(6)28-16-14-15-24(30)26(7,8)9;1-7(10(12)8(2)11)6-9-4-3-5-9;1-5(2,3)4;1-3-2;3*1-2/h20,23,25,28-29H,2,5-6,13-18H2,1,3-4,7-12H3;7,9H,2-6,11H2,1H3;1-4H3;3H2,1-2H3;3*1-2H3/t20-,23?,25?;;;;;;/m0....../s1. The number of nitrogens with one attached hydrogen (secondary N) is 2. The Morgan fingerprint density at radius 1 is 0.804 bits per heavy atom. The van der Waals surface area contributed by atoms with E-state index in [2.05, 4.69) is 120 Å². The second-order valence-corrected chi connectivity index (χ2v) is 18.8. The van der Waals surface area contributed by atoms with E-state index >= 15 is 0 Å². The molecule has 5 heteroatoms. The van der Waals surface area contributed by atoms with Crippen LogP contribution in [0, 0.1) is 39.9 Å². The van der Waals surface area contributed by atoms with Gasteiger partial charge in [-0.3, -0.25) is 9.59 Å². The van der Waals surface area contributed by atoms with Crippen LogP contribution in [-0.2, 0) is 9.59 Å². The third-order valence-electron chi connectivity index (χ3n) is 8.61. The molecule has 56 heavy (non-hydrogen) atoms. The average molecular weight is 792 g/mol. The molecule has 0 aromatic rings. The lowest BCUT2D eigenvalue weighted by molar-refractivity contribution is -0.126. The largest absolute Gasteiger partial charge is 0.396 e. The highest BCUT2D eigenvalue weighted by Gasteiger charge is 2.29. The summed E-state index contributed by atoms with van der Waals surface area (Å²) in [6.07, 6.45) is 10.8. The van der Waals surface area contributed by atoms with Crippen molar-refractivity contribution in [3.63, 3.8) is 0 Å². The molecule has 1 aliphatic carbocycles. The van der Waals surface area contributed by atoms with E-state index in [-0.39, 0.29) is 34.3 Å². The van der Waals surface area contributed by atoms with Gasteiger partial charge >= 0.3 is 0 Å². The van der Waals surface area contributed by atoms with Gasteiger partial charge in [-0.05, 0) is 61.2 Å². The Kier molecular flexibility index (Phi) is 43.3. The van der Waals surface area contributed by atoms with E-state index < -0.39 is 0 Å². The van der Waals surface area contributed by atoms with Crippen LogP contribution in [0.5, 0.6) is 0 Å². The molecule has 0 aromatic carbocycles. The van der Waals surface area contributed by atoms with Crippen LogP contribution in [0.4, 0.5) is 0 Å². The van der Waals surface area contributed by atoms with Crippen molar-refractivity contribution in [3.05, 3.63) is 49.0 Å². The topological polar surface area (TPSA) is 84.2 Å². The van der Waals surface area contributed by atoms with Crippen LogP contribution in [0.15, 0.2) is 49.0 Å². The smallest absolute Gasteiger partial charge is 0.180 e. The zero-order chi connectivity index (χ0) is 46.0. The average Bonchev–Trinajstić information content (AvgIpc) is 3.07. The summed E-state index contributed by atoms with van der Waals surface area (Å²) in [5.74, 6) is 3.12. The van der Waals surface area contributed by atoms with Crippen molar-refractivity contribution in [2.24, 2.45) is 45.7 Å². The molecule has 1 rings (SSSR count). The number of hydrogen-bond acceptors (Lipinski definition) is 5. The molecule has 0 radical (unpaired) electrons. The minimum absolute atomic E-state index is 0.0138. The molecule has 0 aromatic heterocycles. The minimum Gasteiger partial charge on any atom is -0.396 e. The number of allylic oxidation sites excluding steroid dienone is 2. The van der Waals surface area contributed by atoms with Crippen molar-refractivity contribution in [2.75, 3.05) is 6.54 Å². The summed E-state index contributed by atoms with van der Waals surface area (Å²) in [6, 6.07) is 0.118. The van der Waals surface area contributed by atoms with Gasteiger partial charge in [-0.25, -0.2) is 0 Å². The van der Waals surface area contributed by atoms with Gasteiger partial charge in [0.15, 0.2) is 5.78 Å². The lowest BCUT2D eigenvalue weighted by atomic mass is 9.77. The van der Waals surface area contributed by atoms with Gasteiger partial charge in [0, 0.05) is 24.3 Å². The second-order valence-electron chi connectivity index (χ2n) is 18.8. The summed E-state index contributed by atoms with van der Waals surface area (Å²) < 4.78 is 0. The highest BCUT2D eigenvalue weighted by atomic mass is 16.1. The summed E-state index contributed by atoms with van der Waals surface area (Å²) >= 11 is 0. The molecule has 1 saturated carbocycles. The number of carbonyl (C=O) groups is 2. The predicted octanol–water partition coefficient (Wildman–Crippen LogP) is 15.4. The zero-order valence-electron chi connectivity index (χ0n) is 42.4. The Labute approximate surface area is 354 Å². The molecule has 0 aliphatic heterocycles. The number of hydrogen-bond donors (Lipinski definition) is 3. The molecule has 336 valence electrons. The van der Waals surface area contributed by atoms with Gasteiger partial charge in [-0.15, -0.1) is 0 Å². The summed E-state index contributed by atoms with van der Waals surface area (Å²) in [5.41, 5.74) is 8.23. The van der Waals surface area contributed by atoms with Crippen LogP contribution in [0.3, 0.4) is 0 Å². The molecule has 4 N–H and O–H groups in total. The first-order valence-electron chi connectivity index (χ1n) is 22.7. The third kappa shape index (κ3) is 41.3. The molecule has 0 amide bonds. The summed E-state index contributed by atoms with van der Waals surface area (Å²) in [4.78, 5) is 23.4. The summed E-state index contributed by atoms with van der Waals surface area (Å²) in [6.45, 7) is 63.3. The van der Waals surface area contributed by atoms with E-state index in [1.54, 1.807) is 0 Å². The van der Waals surface area contributed by atoms with E-state index in [0.29, 0.717) is 29.5 Å². The Bertz CT molecular complexity index is 1010. The molecule has 1 fully saturated rings. The molecule has 5 nitrogen and oxygen atoms in total. The number of ketones is 2. The van der Waals surface area contributed by atoms with Crippen molar-refractivity contribution in [3.8, 4) is 0 Å². The third-order valence-corrected chi connectivity index (χ3v) is 8.61. The van der Waals surface area contributed by atoms with Crippen LogP contribution >= 0.6 is 0 Å². The summed E-state index contributed by atoms with van der Waals surface area (Å²) in [7, 11) is 0. The Hall–Kier alpha value is -2.30. The monoisotopic (exact) mass is 792 g/mol. The first kappa shape index (κ1) is 65.5. The van der Waals surface area contributed by atoms with E-state index in [4.69, 9.17) is 5.73 Å². The number of carbonyl (C=O) groups excluding carboxylic acids is 2. The van der Waals surface area contributed by atoms with Crippen LogP contribution in [0.1, 0.15) is 217 Å². The normalized spacial score (nSPS) is 14.0. The van der Waals surface area contributed by atoms with Crippen LogP contribution < -0.4 is 16.4 Å². The number of Topliss-reactive ketones (excluding diaryl/α,β-unsaturated/α-hetero) is 2. The van der Waals surface area contributed by atoms with E-state index in [9.17, 15) is 9.59 Å². The fraction of sp³-hybridized carbons (Fsp3) is 0.804. The van der Waals surface area contributed by atoms with Gasteiger partial charge in [-0.2, -0.15) is 0 Å². The molecule has 0 bridgehead atoms. The maximum absolute atomic E-state index is 12.1. The maximum Gasteiger partial charge on any atom is 0.180 e. The highest BCUT2D eigenvalue weighted by Crippen LogP contribution is 2.34. The fourth-order valence-corrected chi connectivity index (χ4v) is 5.22. The van der Waals surface area contributed by atoms with Crippen molar-refractivity contribution in [2.45, 2.75) is 223 Å². The molecule has 0 spiro atoms. The summed E-state index contributed by atoms with van der Waals surface area (Å²) in [5, 5.41) is 6.91. The molecule has 0 heterocycles. The number of nitrogens with two attached hydrogens (primary N) is 1. The molecule has 3 unspecified atom stereocenters. The molecule has 1 aliphatic rings. The SMILES string of the molecule is C=C(N)C(=O)C(C)CC1CCC1.C=C(NCCCC(=O)C(C)(C)C)NC(C(=C)CC(C[C@@H](C)CC)C(=C)C)C(C)(C)C.CC.CC.CC.CC(C)(C)C.CCC. The van der Waals surface area contributed by atoms with Crippen molar-refractivity contribution < 1.29 is 9.59 Å². The second kappa shape index (κ2) is 37.0. The molecule has 4 atom stereocenters. The molecule has 0 saturated heterocycles. The molecular weight excluding hydrogens is 687 g/mol. The quantitative estimate of drug-likeness (QED) is 0.0731. The van der Waals surface area contributed by atoms with Gasteiger partial charge < -0.3 is 16.4 Å². The van der Waals surface area contributed by atoms with Gasteiger partial charge in [0.1, 0.15) is 5.78 Å². The van der Waals surface area contributed by atoms with Crippen LogP contribution in [-0.4, -0.2) is 24.2 Å². The van der Waals surface area contributed by atoms with E-state index in [1.807, 2.05) is 69.2 Å². The number of rotatable bonds is 18. The van der Waals surface area contributed by atoms with E-state index in [1.165, 1.54) is 43.3 Å². The van der Waals surface area contributed by atoms with Crippen LogP contribution in [0.25, 0.3) is 0 Å². The Balaban J connectivity index is -0.000000195. The van der Waals surface area contributed by atoms with Gasteiger partial charge in [0.05, 0.1) is 17.6 Å². The minimum atomic E-state index is -0.264. The zero-order valence-corrected chi connectivity index (χ0v) is 42.4. The van der Waals surface area contributed by atoms with Gasteiger partial charge in [0.25, 0.3) is 0 Å². The van der Waals surface area contributed by atoms with Crippen molar-refractivity contribution in [1.29, 1.82) is 0 Å². The predicted molar refractivity (Wildman–Crippen MR) is 258 cm³/mol. The fourth-order valence-electron chi connectivity index (χ4n) is 5.22. The highest BCUT2D eigenvalue weighted by molar-refractivity contribution is 5.95. The van der Waals surface area contributed by atoms with Gasteiger partial charge in [0.2, 0.25) is 0 Å².